The summed E-state index contributed by atoms with van der Waals surface area (Å²) in [5, 5.41) is 0. The van der Waals surface area contributed by atoms with E-state index in [-0.39, 0.29) is 0 Å². The van der Waals surface area contributed by atoms with Crippen LogP contribution in [0.25, 0.3) is 11.4 Å². The average Bonchev–Trinajstić information content (AvgIpc) is 2.81. The summed E-state index contributed by atoms with van der Waals surface area (Å²) in [5.41, 5.74) is 0.957. The highest BCUT2D eigenvalue weighted by Gasteiger charge is 2.03. The van der Waals surface area contributed by atoms with Gasteiger partial charge in [0.25, 0.3) is 0 Å². The molecule has 0 saturated carbocycles. The van der Waals surface area contributed by atoms with E-state index in [2.05, 4.69) is 36.0 Å². The second kappa shape index (κ2) is 16.3. The molecule has 0 aliphatic rings. The summed E-state index contributed by atoms with van der Waals surface area (Å²) in [6.07, 6.45) is 16.9. The van der Waals surface area contributed by atoms with E-state index in [1.807, 2.05) is 24.3 Å². The van der Waals surface area contributed by atoms with Crippen molar-refractivity contribution in [2.24, 2.45) is 0 Å². The normalized spacial score (nSPS) is 11.2. The second-order valence-electron chi connectivity index (χ2n) is 7.57. The Kier molecular flexibility index (Phi) is 13.1. The highest BCUT2D eigenvalue weighted by atomic mass is 16.5. The molecule has 2 rings (SSSR count). The minimum atomic E-state index is 0.547. The maximum atomic E-state index is 5.81. The minimum Gasteiger partial charge on any atom is -0.494 e. The van der Waals surface area contributed by atoms with Gasteiger partial charge in [-0.05, 0) is 56.4 Å². The van der Waals surface area contributed by atoms with Crippen LogP contribution in [0.3, 0.4) is 0 Å². The number of unbranched alkanes of at least 4 members (excludes halogenated alkanes) is 5. The van der Waals surface area contributed by atoms with Crippen LogP contribution in [0.5, 0.6) is 11.5 Å². The lowest BCUT2D eigenvalue weighted by Crippen LogP contribution is -2.01. The molecule has 0 fully saturated rings. The van der Waals surface area contributed by atoms with E-state index in [9.17, 15) is 0 Å². The van der Waals surface area contributed by atoms with Gasteiger partial charge in [0.2, 0.25) is 0 Å². The molecule has 0 saturated heterocycles. The Labute approximate surface area is 187 Å². The number of rotatable bonds is 17. The molecule has 2 aromatic rings. The van der Waals surface area contributed by atoms with Gasteiger partial charge in [-0.1, -0.05) is 45.3 Å². The molecule has 31 heavy (non-hydrogen) atoms. The van der Waals surface area contributed by atoms with Gasteiger partial charge in [0.15, 0.2) is 11.6 Å². The van der Waals surface area contributed by atoms with Crippen LogP contribution in [-0.4, -0.2) is 36.4 Å². The Bertz CT molecular complexity index is 714. The fourth-order valence-corrected chi connectivity index (χ4v) is 2.93. The molecule has 1 heterocycles. The first-order chi connectivity index (χ1) is 15.3. The molecule has 1 aromatic heterocycles. The van der Waals surface area contributed by atoms with E-state index in [1.54, 1.807) is 12.4 Å². The van der Waals surface area contributed by atoms with E-state index in [0.717, 1.165) is 50.2 Å². The van der Waals surface area contributed by atoms with Gasteiger partial charge >= 0.3 is 0 Å². The molecular formula is C26H38N2O3. The number of nitrogens with zero attached hydrogens (tertiary/aromatic N) is 2. The van der Waals surface area contributed by atoms with Crippen molar-refractivity contribution < 1.29 is 14.2 Å². The van der Waals surface area contributed by atoms with Gasteiger partial charge in [-0.15, -0.1) is 0 Å². The monoisotopic (exact) mass is 426 g/mol. The number of allylic oxidation sites excluding steroid dienone is 1. The van der Waals surface area contributed by atoms with Gasteiger partial charge in [-0.2, -0.15) is 0 Å². The van der Waals surface area contributed by atoms with Crippen LogP contribution >= 0.6 is 0 Å². The van der Waals surface area contributed by atoms with Gasteiger partial charge in [0.1, 0.15) is 12.4 Å². The van der Waals surface area contributed by atoms with Crippen LogP contribution in [0.4, 0.5) is 0 Å². The van der Waals surface area contributed by atoms with E-state index in [1.165, 1.54) is 25.7 Å². The van der Waals surface area contributed by atoms with Gasteiger partial charge in [0, 0.05) is 18.8 Å². The molecule has 0 N–H and O–H groups in total. The van der Waals surface area contributed by atoms with Gasteiger partial charge in [-0.25, -0.2) is 9.97 Å². The molecule has 0 spiro atoms. The van der Waals surface area contributed by atoms with Crippen molar-refractivity contribution in [3.63, 3.8) is 0 Å². The predicted molar refractivity (Wildman–Crippen MR) is 127 cm³/mol. The first-order valence-corrected chi connectivity index (χ1v) is 11.7. The summed E-state index contributed by atoms with van der Waals surface area (Å²) in [7, 11) is 0. The number of hydrogen-bond donors (Lipinski definition) is 0. The Morgan fingerprint density at radius 3 is 2.16 bits per heavy atom. The van der Waals surface area contributed by atoms with Crippen molar-refractivity contribution in [3.8, 4) is 22.9 Å². The van der Waals surface area contributed by atoms with Crippen LogP contribution in [0.2, 0.25) is 0 Å². The summed E-state index contributed by atoms with van der Waals surface area (Å²) in [6, 6.07) is 7.89. The summed E-state index contributed by atoms with van der Waals surface area (Å²) >= 11 is 0. The SMILES string of the molecule is CCCCCC=CCOc1cnc(-c2ccc(OCCCCOCCCC)cc2)nc1. The third-order valence-electron chi connectivity index (χ3n) is 4.82. The van der Waals surface area contributed by atoms with Crippen molar-refractivity contribution >= 4 is 0 Å². The van der Waals surface area contributed by atoms with Gasteiger partial charge in [-0.3, -0.25) is 0 Å². The fourth-order valence-electron chi connectivity index (χ4n) is 2.93. The second-order valence-corrected chi connectivity index (χ2v) is 7.57. The molecule has 0 bridgehead atoms. The predicted octanol–water partition coefficient (Wildman–Crippen LogP) is 6.63. The Morgan fingerprint density at radius 2 is 1.42 bits per heavy atom. The van der Waals surface area contributed by atoms with E-state index in [4.69, 9.17) is 14.2 Å². The minimum absolute atomic E-state index is 0.547. The third-order valence-corrected chi connectivity index (χ3v) is 4.82. The van der Waals surface area contributed by atoms with Crippen molar-refractivity contribution in [1.29, 1.82) is 0 Å². The van der Waals surface area contributed by atoms with Crippen LogP contribution in [0.15, 0.2) is 48.8 Å². The zero-order valence-electron chi connectivity index (χ0n) is 19.2. The lowest BCUT2D eigenvalue weighted by Gasteiger charge is -2.08. The van der Waals surface area contributed by atoms with Gasteiger partial charge in [0.05, 0.1) is 19.0 Å². The Balaban J connectivity index is 1.66. The van der Waals surface area contributed by atoms with Crippen molar-refractivity contribution in [1.82, 2.24) is 9.97 Å². The molecule has 0 amide bonds. The topological polar surface area (TPSA) is 53.5 Å². The third kappa shape index (κ3) is 11.0. The van der Waals surface area contributed by atoms with Crippen LogP contribution in [0, 0.1) is 0 Å². The molecule has 1 aromatic carbocycles. The molecule has 0 radical (unpaired) electrons. The van der Waals surface area contributed by atoms with E-state index < -0.39 is 0 Å². The first kappa shape index (κ1) is 24.9. The van der Waals surface area contributed by atoms with Gasteiger partial charge < -0.3 is 14.2 Å². The Morgan fingerprint density at radius 1 is 0.710 bits per heavy atom. The molecule has 0 aliphatic carbocycles. The largest absolute Gasteiger partial charge is 0.494 e. The van der Waals surface area contributed by atoms with Crippen molar-refractivity contribution in [2.75, 3.05) is 26.4 Å². The molecular weight excluding hydrogens is 388 g/mol. The van der Waals surface area contributed by atoms with E-state index >= 15 is 0 Å². The van der Waals surface area contributed by atoms with Crippen LogP contribution < -0.4 is 9.47 Å². The standard InChI is InChI=1S/C26H38N2O3/c1-3-5-7-8-9-10-19-31-25-21-27-26(28-22-25)23-13-15-24(16-14-23)30-20-12-11-18-29-17-6-4-2/h9-10,13-16,21-22H,3-8,11-12,17-20H2,1-2H3. The zero-order chi connectivity index (χ0) is 22.0. The maximum absolute atomic E-state index is 5.81. The van der Waals surface area contributed by atoms with Crippen molar-refractivity contribution in [2.45, 2.75) is 65.2 Å². The highest BCUT2D eigenvalue weighted by molar-refractivity contribution is 5.56. The zero-order valence-corrected chi connectivity index (χ0v) is 19.2. The number of hydrogen-bond acceptors (Lipinski definition) is 5. The van der Waals surface area contributed by atoms with E-state index in [0.29, 0.717) is 24.8 Å². The molecule has 170 valence electrons. The summed E-state index contributed by atoms with van der Waals surface area (Å²) in [6.45, 7) is 7.32. The number of benzene rings is 1. The number of ether oxygens (including phenoxy) is 3. The molecule has 0 atom stereocenters. The molecule has 5 heteroatoms. The lowest BCUT2D eigenvalue weighted by molar-refractivity contribution is 0.123. The first-order valence-electron chi connectivity index (χ1n) is 11.7. The summed E-state index contributed by atoms with van der Waals surface area (Å²) in [4.78, 5) is 8.84. The number of aromatic nitrogens is 2. The molecule has 0 aliphatic heterocycles. The Hall–Kier alpha value is -2.40. The van der Waals surface area contributed by atoms with Crippen LogP contribution in [-0.2, 0) is 4.74 Å². The molecule has 0 unspecified atom stereocenters. The summed E-state index contributed by atoms with van der Waals surface area (Å²) in [5.74, 6) is 2.22. The lowest BCUT2D eigenvalue weighted by atomic mass is 10.2. The quantitative estimate of drug-likeness (QED) is 0.210. The average molecular weight is 427 g/mol. The maximum Gasteiger partial charge on any atom is 0.159 e. The van der Waals surface area contributed by atoms with Crippen molar-refractivity contribution in [3.05, 3.63) is 48.8 Å². The van der Waals surface area contributed by atoms with Crippen LogP contribution in [0.1, 0.15) is 65.2 Å². The smallest absolute Gasteiger partial charge is 0.159 e. The fraction of sp³-hybridized carbons (Fsp3) is 0.538. The molecule has 5 nitrogen and oxygen atoms in total. The summed E-state index contributed by atoms with van der Waals surface area (Å²) < 4.78 is 17.0. The highest BCUT2D eigenvalue weighted by Crippen LogP contribution is 2.20.